The number of nitrogens with zero attached hydrogens (tertiary/aromatic N) is 1. The van der Waals surface area contributed by atoms with E-state index >= 15 is 0 Å². The van der Waals surface area contributed by atoms with Crippen LogP contribution in [0.2, 0.25) is 0 Å². The highest BCUT2D eigenvalue weighted by Gasteiger charge is 2.27. The van der Waals surface area contributed by atoms with Gasteiger partial charge >= 0.3 is 7.60 Å². The first-order valence-corrected chi connectivity index (χ1v) is 14.6. The lowest BCUT2D eigenvalue weighted by Crippen LogP contribution is -2.29. The zero-order chi connectivity index (χ0) is 25.7. The molecule has 0 bridgehead atoms. The first kappa shape index (κ1) is 28.7. The summed E-state index contributed by atoms with van der Waals surface area (Å²) in [7, 11) is -3.90. The Hall–Kier alpha value is -1.53. The Balaban J connectivity index is 2.10. The Morgan fingerprint density at radius 3 is 2.00 bits per heavy atom. The van der Waals surface area contributed by atoms with Crippen LogP contribution < -0.4 is 0 Å². The molecule has 0 spiro atoms. The molecule has 34 heavy (non-hydrogen) atoms. The number of aromatic hydroxyl groups is 1. The molecule has 8 heteroatoms. The van der Waals surface area contributed by atoms with Crippen LogP contribution in [-0.2, 0) is 20.2 Å². The zero-order valence-corrected chi connectivity index (χ0v) is 23.0. The molecular weight excluding hydrogens is 469 g/mol. The van der Waals surface area contributed by atoms with Crippen molar-refractivity contribution in [3.63, 3.8) is 0 Å². The van der Waals surface area contributed by atoms with Gasteiger partial charge in [0, 0.05) is 30.0 Å². The van der Waals surface area contributed by atoms with E-state index in [0.717, 1.165) is 42.4 Å². The molecule has 1 amide bonds. The first-order valence-electron chi connectivity index (χ1n) is 11.9. The van der Waals surface area contributed by atoms with Crippen molar-refractivity contribution in [1.82, 2.24) is 4.90 Å². The van der Waals surface area contributed by atoms with E-state index in [-0.39, 0.29) is 22.9 Å². The van der Waals surface area contributed by atoms with Crippen molar-refractivity contribution in [2.45, 2.75) is 84.5 Å². The van der Waals surface area contributed by atoms with E-state index in [1.54, 1.807) is 4.90 Å². The molecule has 190 valence electrons. The number of hydrogen-bond acceptors (Lipinski definition) is 4. The maximum Gasteiger partial charge on any atom is 0.325 e. The van der Waals surface area contributed by atoms with Gasteiger partial charge in [0.1, 0.15) is 5.75 Å². The summed E-state index contributed by atoms with van der Waals surface area (Å²) >= 11 is 1.41. The third-order valence-corrected chi connectivity index (χ3v) is 7.50. The Morgan fingerprint density at radius 2 is 1.47 bits per heavy atom. The maximum atomic E-state index is 13.1. The summed E-state index contributed by atoms with van der Waals surface area (Å²) in [6, 6.07) is 3.96. The third kappa shape index (κ3) is 8.60. The molecule has 3 N–H and O–H groups in total. The molecule has 0 unspecified atom stereocenters. The number of phenols is 1. The SMILES string of the molecule is CC(C)(C)c1cc(/C=C2\SC=CN(CCCCCCCP(=O)(O)O)C2=O)cc(C(C)(C)C)c1O. The molecule has 0 aromatic heterocycles. The van der Waals surface area contributed by atoms with Crippen molar-refractivity contribution in [1.29, 1.82) is 0 Å². The molecule has 0 atom stereocenters. The Labute approximate surface area is 208 Å². The van der Waals surface area contributed by atoms with Gasteiger partial charge < -0.3 is 19.8 Å². The molecule has 6 nitrogen and oxygen atoms in total. The van der Waals surface area contributed by atoms with Crippen molar-refractivity contribution in [3.8, 4) is 5.75 Å². The molecule has 0 saturated carbocycles. The van der Waals surface area contributed by atoms with Crippen LogP contribution >= 0.6 is 19.4 Å². The van der Waals surface area contributed by atoms with Crippen LogP contribution in [0, 0.1) is 0 Å². The largest absolute Gasteiger partial charge is 0.507 e. The van der Waals surface area contributed by atoms with Crippen LogP contribution in [0.1, 0.15) is 90.3 Å². The standard InChI is InChI=1S/C26H40NO5PS/c1-25(2,3)20-16-19(17-21(23(20)28)26(4,5)6)18-22-24(29)27(13-15-34-22)12-10-8-7-9-11-14-33(30,31)32/h13,15-18,28H,7-12,14H2,1-6H3,(H2,30,31,32)/b22-18-. The number of hydrogen-bond donors (Lipinski definition) is 3. The minimum atomic E-state index is -3.90. The quantitative estimate of drug-likeness (QED) is 0.200. The molecule has 0 saturated heterocycles. The zero-order valence-electron chi connectivity index (χ0n) is 21.3. The summed E-state index contributed by atoms with van der Waals surface area (Å²) in [6.45, 7) is 13.0. The molecule has 2 rings (SSSR count). The van der Waals surface area contributed by atoms with Gasteiger partial charge in [0.2, 0.25) is 0 Å². The number of thioether (sulfide) groups is 1. The number of phenolic OH excluding ortho intramolecular Hbond substituents is 1. The van der Waals surface area contributed by atoms with Gasteiger partial charge in [-0.1, -0.05) is 72.6 Å². The maximum absolute atomic E-state index is 13.1. The van der Waals surface area contributed by atoms with Crippen LogP contribution in [0.3, 0.4) is 0 Å². The summed E-state index contributed by atoms with van der Waals surface area (Å²) < 4.78 is 10.9. The van der Waals surface area contributed by atoms with Crippen molar-refractivity contribution in [2.75, 3.05) is 12.7 Å². The van der Waals surface area contributed by atoms with Crippen molar-refractivity contribution in [2.24, 2.45) is 0 Å². The lowest BCUT2D eigenvalue weighted by atomic mass is 9.78. The molecule has 0 radical (unpaired) electrons. The van der Waals surface area contributed by atoms with E-state index in [4.69, 9.17) is 9.79 Å². The number of benzene rings is 1. The van der Waals surface area contributed by atoms with E-state index < -0.39 is 7.60 Å². The van der Waals surface area contributed by atoms with Gasteiger partial charge in [-0.25, -0.2) is 0 Å². The molecule has 1 heterocycles. The van der Waals surface area contributed by atoms with Gasteiger partial charge in [-0.15, -0.1) is 0 Å². The summed E-state index contributed by atoms with van der Waals surface area (Å²) in [5.41, 5.74) is 2.17. The van der Waals surface area contributed by atoms with Crippen LogP contribution in [-0.4, -0.2) is 38.4 Å². The van der Waals surface area contributed by atoms with Crippen LogP contribution in [0.4, 0.5) is 0 Å². The van der Waals surface area contributed by atoms with Crippen molar-refractivity contribution in [3.05, 3.63) is 45.3 Å². The molecular formula is C26H40NO5PS. The van der Waals surface area contributed by atoms with E-state index in [1.807, 2.05) is 29.8 Å². The van der Waals surface area contributed by atoms with E-state index in [0.29, 0.717) is 23.6 Å². The van der Waals surface area contributed by atoms with Crippen LogP contribution in [0.15, 0.2) is 28.6 Å². The number of amides is 1. The van der Waals surface area contributed by atoms with Gasteiger partial charge in [-0.05, 0) is 52.9 Å². The highest BCUT2D eigenvalue weighted by molar-refractivity contribution is 8.06. The van der Waals surface area contributed by atoms with Crippen molar-refractivity contribution >= 4 is 31.3 Å². The normalized spacial score (nSPS) is 16.5. The average Bonchev–Trinajstić information content (AvgIpc) is 2.68. The lowest BCUT2D eigenvalue weighted by molar-refractivity contribution is -0.124. The number of carbonyl (C=O) groups is 1. The average molecular weight is 510 g/mol. The summed E-state index contributed by atoms with van der Waals surface area (Å²) in [6.07, 6.45) is 7.61. The van der Waals surface area contributed by atoms with Gasteiger partial charge in [0.05, 0.1) is 4.91 Å². The lowest BCUT2D eigenvalue weighted by Gasteiger charge is -2.28. The molecule has 0 aliphatic carbocycles. The predicted molar refractivity (Wildman–Crippen MR) is 142 cm³/mol. The molecule has 0 fully saturated rings. The smallest absolute Gasteiger partial charge is 0.325 e. The third-order valence-electron chi connectivity index (χ3n) is 5.80. The van der Waals surface area contributed by atoms with Gasteiger partial charge in [0.25, 0.3) is 5.91 Å². The van der Waals surface area contributed by atoms with Crippen molar-refractivity contribution < 1.29 is 24.3 Å². The predicted octanol–water partition coefficient (Wildman–Crippen LogP) is 6.50. The fourth-order valence-electron chi connectivity index (χ4n) is 3.87. The molecule has 1 aromatic carbocycles. The van der Waals surface area contributed by atoms with Crippen LogP contribution in [0.25, 0.3) is 6.08 Å². The fraction of sp³-hybridized carbons (Fsp3) is 0.577. The number of carbonyl (C=O) groups excluding carboxylic acids is 1. The summed E-state index contributed by atoms with van der Waals surface area (Å²) in [5, 5.41) is 12.9. The Kier molecular flexibility index (Phi) is 9.68. The molecule has 1 aromatic rings. The van der Waals surface area contributed by atoms with E-state index in [9.17, 15) is 14.5 Å². The summed E-state index contributed by atoms with van der Waals surface area (Å²) in [4.78, 5) is 33.3. The Bertz CT molecular complexity index is 947. The van der Waals surface area contributed by atoms with Gasteiger partial charge in [-0.3, -0.25) is 9.36 Å². The molecule has 1 aliphatic heterocycles. The highest BCUT2D eigenvalue weighted by Crippen LogP contribution is 2.41. The first-order chi connectivity index (χ1) is 15.6. The van der Waals surface area contributed by atoms with E-state index in [1.165, 1.54) is 11.8 Å². The second kappa shape index (κ2) is 11.5. The monoisotopic (exact) mass is 509 g/mol. The topological polar surface area (TPSA) is 98.1 Å². The van der Waals surface area contributed by atoms with Gasteiger partial charge in [0.15, 0.2) is 0 Å². The highest BCUT2D eigenvalue weighted by atomic mass is 32.2. The van der Waals surface area contributed by atoms with Crippen LogP contribution in [0.5, 0.6) is 5.75 Å². The second-order valence-corrected chi connectivity index (χ2v) is 13.8. The van der Waals surface area contributed by atoms with E-state index in [2.05, 4.69) is 41.5 Å². The minimum Gasteiger partial charge on any atom is -0.507 e. The van der Waals surface area contributed by atoms with Gasteiger partial charge in [-0.2, -0.15) is 0 Å². The Morgan fingerprint density at radius 1 is 0.941 bits per heavy atom. The second-order valence-electron chi connectivity index (χ2n) is 11.0. The number of rotatable bonds is 9. The molecule has 1 aliphatic rings. The minimum absolute atomic E-state index is 0.0308. The number of unbranched alkanes of at least 4 members (excludes halogenated alkanes) is 4. The summed E-state index contributed by atoms with van der Waals surface area (Å²) in [5.74, 6) is 0.295. The fourth-order valence-corrected chi connectivity index (χ4v) is 5.29.